The van der Waals surface area contributed by atoms with E-state index < -0.39 is 5.97 Å². The summed E-state index contributed by atoms with van der Waals surface area (Å²) in [6, 6.07) is 3.53. The number of carboxylic acid groups (broad SMARTS) is 1. The molecule has 0 amide bonds. The number of likely N-dealkylation sites (N-methyl/N-ethyl adjacent to an activating group) is 1. The molecule has 1 aliphatic heterocycles. The topological polar surface area (TPSA) is 59.9 Å². The van der Waals surface area contributed by atoms with Crippen LogP contribution >= 0.6 is 0 Å². The minimum absolute atomic E-state index is 0.109. The maximum atomic E-state index is 10.9. The van der Waals surface area contributed by atoms with Gasteiger partial charge in [0.05, 0.1) is 0 Å². The largest absolute Gasteiger partial charge is 0.477 e. The van der Waals surface area contributed by atoms with Gasteiger partial charge in [0.1, 0.15) is 5.69 Å². The lowest BCUT2D eigenvalue weighted by Gasteiger charge is -2.36. The fourth-order valence-corrected chi connectivity index (χ4v) is 2.30. The number of carboxylic acids is 1. The minimum Gasteiger partial charge on any atom is -0.477 e. The normalized spacial score (nSPS) is 16.6. The zero-order valence-electron chi connectivity index (χ0n) is 12.1. The van der Waals surface area contributed by atoms with Gasteiger partial charge in [-0.15, -0.1) is 0 Å². The number of hydrogen-bond donors (Lipinski definition) is 1. The SMILES string of the molecule is CN(C)CCN1CCN(c2ccnc(C(=O)O)c2)CC1. The van der Waals surface area contributed by atoms with Gasteiger partial charge in [0, 0.05) is 51.2 Å². The van der Waals surface area contributed by atoms with Crippen LogP contribution in [0, 0.1) is 0 Å². The molecule has 1 aromatic heterocycles. The first-order valence-electron chi connectivity index (χ1n) is 6.87. The van der Waals surface area contributed by atoms with E-state index in [9.17, 15) is 4.79 Å². The van der Waals surface area contributed by atoms with Gasteiger partial charge in [0.15, 0.2) is 0 Å². The van der Waals surface area contributed by atoms with Crippen molar-refractivity contribution >= 4 is 11.7 Å². The van der Waals surface area contributed by atoms with Gasteiger partial charge < -0.3 is 14.9 Å². The summed E-state index contributed by atoms with van der Waals surface area (Å²) in [5, 5.41) is 8.98. The van der Waals surface area contributed by atoms with E-state index in [0.717, 1.165) is 45.0 Å². The van der Waals surface area contributed by atoms with Crippen LogP contribution < -0.4 is 4.90 Å². The number of pyridine rings is 1. The molecular weight excluding hydrogens is 256 g/mol. The lowest BCUT2D eigenvalue weighted by atomic mass is 10.2. The molecule has 6 nitrogen and oxygen atoms in total. The molecule has 0 aromatic carbocycles. The minimum atomic E-state index is -0.975. The van der Waals surface area contributed by atoms with Crippen molar-refractivity contribution in [3.8, 4) is 0 Å². The third-order valence-electron chi connectivity index (χ3n) is 3.56. The van der Waals surface area contributed by atoms with Crippen LogP contribution in [0.15, 0.2) is 18.3 Å². The van der Waals surface area contributed by atoms with Crippen molar-refractivity contribution in [2.45, 2.75) is 0 Å². The second-order valence-electron chi connectivity index (χ2n) is 5.34. The number of anilines is 1. The van der Waals surface area contributed by atoms with Gasteiger partial charge in [-0.2, -0.15) is 0 Å². The summed E-state index contributed by atoms with van der Waals surface area (Å²) in [5.41, 5.74) is 1.06. The van der Waals surface area contributed by atoms with Crippen molar-refractivity contribution in [1.82, 2.24) is 14.8 Å². The predicted molar refractivity (Wildman–Crippen MR) is 78.4 cm³/mol. The second-order valence-corrected chi connectivity index (χ2v) is 5.34. The Morgan fingerprint density at radius 3 is 2.65 bits per heavy atom. The Balaban J connectivity index is 1.90. The molecule has 20 heavy (non-hydrogen) atoms. The Hall–Kier alpha value is -1.66. The van der Waals surface area contributed by atoms with E-state index in [4.69, 9.17) is 5.11 Å². The number of hydrogen-bond acceptors (Lipinski definition) is 5. The van der Waals surface area contributed by atoms with Gasteiger partial charge in [-0.3, -0.25) is 4.90 Å². The van der Waals surface area contributed by atoms with Crippen molar-refractivity contribution in [2.24, 2.45) is 0 Å². The quantitative estimate of drug-likeness (QED) is 0.844. The van der Waals surface area contributed by atoms with E-state index in [-0.39, 0.29) is 5.69 Å². The Bertz CT molecular complexity index is 456. The predicted octanol–water partition coefficient (Wildman–Crippen LogP) is 0.463. The Morgan fingerprint density at radius 2 is 2.05 bits per heavy atom. The summed E-state index contributed by atoms with van der Waals surface area (Å²) in [6.07, 6.45) is 1.57. The maximum Gasteiger partial charge on any atom is 0.354 e. The van der Waals surface area contributed by atoms with Gasteiger partial charge >= 0.3 is 5.97 Å². The van der Waals surface area contributed by atoms with Gasteiger partial charge in [-0.25, -0.2) is 9.78 Å². The smallest absolute Gasteiger partial charge is 0.354 e. The molecule has 1 aromatic rings. The average Bonchev–Trinajstić information content (AvgIpc) is 2.46. The first-order valence-corrected chi connectivity index (χ1v) is 6.87. The molecule has 2 heterocycles. The van der Waals surface area contributed by atoms with Crippen LogP contribution in [0.25, 0.3) is 0 Å². The molecule has 0 aliphatic carbocycles. The number of nitrogens with zero attached hydrogens (tertiary/aromatic N) is 4. The van der Waals surface area contributed by atoms with Gasteiger partial charge in [0.2, 0.25) is 0 Å². The van der Waals surface area contributed by atoms with Crippen LogP contribution in [0.5, 0.6) is 0 Å². The summed E-state index contributed by atoms with van der Waals surface area (Å²) < 4.78 is 0. The van der Waals surface area contributed by atoms with E-state index in [1.165, 1.54) is 0 Å². The van der Waals surface area contributed by atoms with E-state index >= 15 is 0 Å². The molecule has 1 fully saturated rings. The number of aromatic nitrogens is 1. The summed E-state index contributed by atoms with van der Waals surface area (Å²) in [6.45, 7) is 6.03. The second kappa shape index (κ2) is 6.67. The highest BCUT2D eigenvalue weighted by Gasteiger charge is 2.18. The third kappa shape index (κ3) is 3.91. The molecular formula is C14H22N4O2. The highest BCUT2D eigenvalue weighted by Crippen LogP contribution is 2.16. The summed E-state index contributed by atoms with van der Waals surface area (Å²) in [4.78, 5) is 21.7. The molecule has 1 N–H and O–H groups in total. The molecule has 1 saturated heterocycles. The van der Waals surface area contributed by atoms with Crippen LogP contribution in [0.1, 0.15) is 10.5 Å². The summed E-state index contributed by atoms with van der Waals surface area (Å²) in [5.74, 6) is -0.975. The number of carbonyl (C=O) groups is 1. The van der Waals surface area contributed by atoms with Crippen molar-refractivity contribution < 1.29 is 9.90 Å². The van der Waals surface area contributed by atoms with Crippen LogP contribution in [0.3, 0.4) is 0 Å². The summed E-state index contributed by atoms with van der Waals surface area (Å²) >= 11 is 0. The third-order valence-corrected chi connectivity index (χ3v) is 3.56. The zero-order chi connectivity index (χ0) is 14.5. The summed E-state index contributed by atoms with van der Waals surface area (Å²) in [7, 11) is 4.17. The average molecular weight is 278 g/mol. The lowest BCUT2D eigenvalue weighted by Crippen LogP contribution is -2.48. The molecule has 6 heteroatoms. The molecule has 0 saturated carbocycles. The first-order chi connectivity index (χ1) is 9.56. The molecule has 0 bridgehead atoms. The molecule has 110 valence electrons. The number of aromatic carboxylic acids is 1. The highest BCUT2D eigenvalue weighted by molar-refractivity contribution is 5.86. The standard InChI is InChI=1S/C14H22N4O2/c1-16(2)5-6-17-7-9-18(10-8-17)12-3-4-15-13(11-12)14(19)20/h3-4,11H,5-10H2,1-2H3,(H,19,20). The van der Waals surface area contributed by atoms with Gasteiger partial charge in [0.25, 0.3) is 0 Å². The van der Waals surface area contributed by atoms with E-state index in [2.05, 4.69) is 33.8 Å². The van der Waals surface area contributed by atoms with E-state index in [1.807, 2.05) is 6.07 Å². The van der Waals surface area contributed by atoms with E-state index in [0.29, 0.717) is 0 Å². The van der Waals surface area contributed by atoms with Gasteiger partial charge in [-0.05, 0) is 26.2 Å². The molecule has 2 rings (SSSR count). The van der Waals surface area contributed by atoms with Crippen molar-refractivity contribution in [3.63, 3.8) is 0 Å². The molecule has 0 atom stereocenters. The van der Waals surface area contributed by atoms with Crippen LogP contribution in [-0.2, 0) is 0 Å². The Morgan fingerprint density at radius 1 is 1.35 bits per heavy atom. The van der Waals surface area contributed by atoms with E-state index in [1.54, 1.807) is 12.3 Å². The Kier molecular flexibility index (Phi) is 4.92. The lowest BCUT2D eigenvalue weighted by molar-refractivity contribution is 0.0690. The first kappa shape index (κ1) is 14.7. The molecule has 0 radical (unpaired) electrons. The highest BCUT2D eigenvalue weighted by atomic mass is 16.4. The fourth-order valence-electron chi connectivity index (χ4n) is 2.30. The molecule has 0 spiro atoms. The van der Waals surface area contributed by atoms with Crippen molar-refractivity contribution in [2.75, 3.05) is 58.3 Å². The van der Waals surface area contributed by atoms with Crippen LogP contribution in [0.4, 0.5) is 5.69 Å². The molecule has 1 aliphatic rings. The van der Waals surface area contributed by atoms with Crippen LogP contribution in [0.2, 0.25) is 0 Å². The van der Waals surface area contributed by atoms with Crippen molar-refractivity contribution in [1.29, 1.82) is 0 Å². The van der Waals surface area contributed by atoms with Crippen molar-refractivity contribution in [3.05, 3.63) is 24.0 Å². The molecule has 0 unspecified atom stereocenters. The van der Waals surface area contributed by atoms with Gasteiger partial charge in [-0.1, -0.05) is 0 Å². The number of piperazine rings is 1. The van der Waals surface area contributed by atoms with Crippen LogP contribution in [-0.4, -0.2) is 79.2 Å². The number of rotatable bonds is 5. The maximum absolute atomic E-state index is 10.9. The zero-order valence-corrected chi connectivity index (χ0v) is 12.1. The Labute approximate surface area is 119 Å². The fraction of sp³-hybridized carbons (Fsp3) is 0.571. The monoisotopic (exact) mass is 278 g/mol.